The number of carbonyl (C=O) groups is 1. The zero-order valence-electron chi connectivity index (χ0n) is 9.36. The second-order valence-corrected chi connectivity index (χ2v) is 3.71. The zero-order chi connectivity index (χ0) is 12.7. The number of aromatic nitrogens is 4. The summed E-state index contributed by atoms with van der Waals surface area (Å²) in [6.45, 7) is 1.80. The van der Waals surface area contributed by atoms with Crippen LogP contribution in [0, 0.1) is 6.92 Å². The van der Waals surface area contributed by atoms with Gasteiger partial charge in [-0.15, -0.1) is 0 Å². The first-order chi connectivity index (χ1) is 8.65. The molecule has 0 atom stereocenters. The third-order valence-corrected chi connectivity index (χ3v) is 2.46. The van der Waals surface area contributed by atoms with Crippen LogP contribution in [0.25, 0.3) is 17.2 Å². The number of nitrogens with zero attached hydrogens (tertiary/aromatic N) is 4. The predicted molar refractivity (Wildman–Crippen MR) is 60.2 cm³/mol. The Kier molecular flexibility index (Phi) is 2.12. The predicted octanol–water partition coefficient (Wildman–Crippen LogP) is 1.39. The average Bonchev–Trinajstić information content (AvgIpc) is 2.95. The standard InChI is InChI=1S/C11H8N4O3/c1-6-2-3-9(18-6)7-4-8(10(16)17)15-11(14-7)12-5-13-15/h2-5H,1H3,(H,16,17). The molecule has 0 aliphatic carbocycles. The van der Waals surface area contributed by atoms with Gasteiger partial charge in [-0.2, -0.15) is 14.6 Å². The van der Waals surface area contributed by atoms with Crippen LogP contribution in [0.4, 0.5) is 0 Å². The monoisotopic (exact) mass is 244 g/mol. The molecule has 0 aliphatic rings. The summed E-state index contributed by atoms with van der Waals surface area (Å²) in [5.74, 6) is 0.349. The molecule has 90 valence electrons. The first-order valence-electron chi connectivity index (χ1n) is 5.16. The minimum Gasteiger partial charge on any atom is -0.477 e. The van der Waals surface area contributed by atoms with E-state index in [1.807, 2.05) is 0 Å². The molecule has 0 amide bonds. The highest BCUT2D eigenvalue weighted by atomic mass is 16.4. The average molecular weight is 244 g/mol. The smallest absolute Gasteiger partial charge is 0.354 e. The van der Waals surface area contributed by atoms with Gasteiger partial charge in [-0.05, 0) is 19.1 Å². The van der Waals surface area contributed by atoms with Crippen LogP contribution in [0.15, 0.2) is 28.9 Å². The van der Waals surface area contributed by atoms with Gasteiger partial charge in [-0.25, -0.2) is 9.78 Å². The Morgan fingerprint density at radius 2 is 2.28 bits per heavy atom. The molecule has 18 heavy (non-hydrogen) atoms. The Morgan fingerprint density at radius 3 is 2.94 bits per heavy atom. The van der Waals surface area contributed by atoms with Gasteiger partial charge in [0.1, 0.15) is 17.8 Å². The molecule has 0 unspecified atom stereocenters. The molecular weight excluding hydrogens is 236 g/mol. The molecule has 0 aliphatic heterocycles. The van der Waals surface area contributed by atoms with Crippen LogP contribution in [0.3, 0.4) is 0 Å². The van der Waals surface area contributed by atoms with Gasteiger partial charge in [0, 0.05) is 6.07 Å². The van der Waals surface area contributed by atoms with E-state index in [1.54, 1.807) is 19.1 Å². The van der Waals surface area contributed by atoms with Crippen molar-refractivity contribution in [3.63, 3.8) is 0 Å². The quantitative estimate of drug-likeness (QED) is 0.732. The topological polar surface area (TPSA) is 93.5 Å². The first kappa shape index (κ1) is 10.5. The minimum atomic E-state index is -1.10. The Bertz CT molecular complexity index is 744. The van der Waals surface area contributed by atoms with Crippen LogP contribution < -0.4 is 0 Å². The molecule has 0 saturated carbocycles. The lowest BCUT2D eigenvalue weighted by atomic mass is 10.2. The number of carboxylic acid groups (broad SMARTS) is 1. The van der Waals surface area contributed by atoms with E-state index < -0.39 is 5.97 Å². The van der Waals surface area contributed by atoms with Crippen molar-refractivity contribution in [1.29, 1.82) is 0 Å². The Hall–Kier alpha value is -2.70. The lowest BCUT2D eigenvalue weighted by Gasteiger charge is -2.01. The van der Waals surface area contributed by atoms with Gasteiger partial charge in [0.25, 0.3) is 5.78 Å². The summed E-state index contributed by atoms with van der Waals surface area (Å²) in [5, 5.41) is 12.9. The van der Waals surface area contributed by atoms with Crippen molar-refractivity contribution in [2.45, 2.75) is 6.92 Å². The Morgan fingerprint density at radius 1 is 1.44 bits per heavy atom. The number of aryl methyl sites for hydroxylation is 1. The maximum absolute atomic E-state index is 11.2. The van der Waals surface area contributed by atoms with E-state index in [1.165, 1.54) is 16.9 Å². The van der Waals surface area contributed by atoms with E-state index in [2.05, 4.69) is 15.1 Å². The number of furan rings is 1. The van der Waals surface area contributed by atoms with E-state index in [4.69, 9.17) is 9.52 Å². The first-order valence-corrected chi connectivity index (χ1v) is 5.16. The van der Waals surface area contributed by atoms with Crippen LogP contribution in [0.5, 0.6) is 0 Å². The summed E-state index contributed by atoms with van der Waals surface area (Å²) >= 11 is 0. The summed E-state index contributed by atoms with van der Waals surface area (Å²) in [6.07, 6.45) is 1.26. The van der Waals surface area contributed by atoms with Gasteiger partial charge in [0.2, 0.25) is 0 Å². The summed E-state index contributed by atoms with van der Waals surface area (Å²) in [5.41, 5.74) is 0.405. The third-order valence-electron chi connectivity index (χ3n) is 2.46. The molecule has 0 fully saturated rings. The number of aromatic carboxylic acids is 1. The Labute approximate surface area is 101 Å². The largest absolute Gasteiger partial charge is 0.477 e. The lowest BCUT2D eigenvalue weighted by molar-refractivity contribution is 0.0687. The van der Waals surface area contributed by atoms with Gasteiger partial charge < -0.3 is 9.52 Å². The van der Waals surface area contributed by atoms with Gasteiger partial charge >= 0.3 is 5.97 Å². The highest BCUT2D eigenvalue weighted by molar-refractivity contribution is 5.87. The van der Waals surface area contributed by atoms with Crippen molar-refractivity contribution >= 4 is 11.7 Å². The van der Waals surface area contributed by atoms with Crippen LogP contribution in [0.2, 0.25) is 0 Å². The van der Waals surface area contributed by atoms with E-state index in [-0.39, 0.29) is 11.5 Å². The summed E-state index contributed by atoms with van der Waals surface area (Å²) in [7, 11) is 0. The zero-order valence-corrected chi connectivity index (χ0v) is 9.36. The number of hydrogen-bond donors (Lipinski definition) is 1. The van der Waals surface area contributed by atoms with Gasteiger partial charge in [-0.3, -0.25) is 0 Å². The molecule has 0 radical (unpaired) electrons. The maximum Gasteiger partial charge on any atom is 0.354 e. The van der Waals surface area contributed by atoms with Crippen molar-refractivity contribution in [2.75, 3.05) is 0 Å². The van der Waals surface area contributed by atoms with Crippen LogP contribution in [-0.4, -0.2) is 30.7 Å². The van der Waals surface area contributed by atoms with Crippen molar-refractivity contribution in [1.82, 2.24) is 19.6 Å². The summed E-state index contributed by atoms with van der Waals surface area (Å²) in [4.78, 5) is 19.2. The fourth-order valence-electron chi connectivity index (χ4n) is 1.66. The number of rotatable bonds is 2. The normalized spacial score (nSPS) is 10.9. The van der Waals surface area contributed by atoms with E-state index in [0.717, 1.165) is 5.76 Å². The fourth-order valence-corrected chi connectivity index (χ4v) is 1.66. The lowest BCUT2D eigenvalue weighted by Crippen LogP contribution is -2.08. The van der Waals surface area contributed by atoms with Gasteiger partial charge in [0.15, 0.2) is 11.5 Å². The summed E-state index contributed by atoms with van der Waals surface area (Å²) in [6, 6.07) is 4.92. The van der Waals surface area contributed by atoms with Crippen LogP contribution in [0.1, 0.15) is 16.2 Å². The number of hydrogen-bond acceptors (Lipinski definition) is 5. The molecule has 0 spiro atoms. The van der Waals surface area contributed by atoms with Crippen molar-refractivity contribution in [2.24, 2.45) is 0 Å². The molecule has 3 aromatic heterocycles. The van der Waals surface area contributed by atoms with Crippen LogP contribution in [-0.2, 0) is 0 Å². The molecule has 7 nitrogen and oxygen atoms in total. The second-order valence-electron chi connectivity index (χ2n) is 3.71. The molecule has 3 aromatic rings. The minimum absolute atomic E-state index is 0.0125. The third kappa shape index (κ3) is 1.53. The molecule has 3 rings (SSSR count). The van der Waals surface area contributed by atoms with E-state index in [0.29, 0.717) is 11.5 Å². The second kappa shape index (κ2) is 3.66. The van der Waals surface area contributed by atoms with Gasteiger partial charge in [-0.1, -0.05) is 0 Å². The molecule has 1 N–H and O–H groups in total. The number of fused-ring (bicyclic) bond motifs is 1. The molecule has 0 bridgehead atoms. The van der Waals surface area contributed by atoms with Crippen molar-refractivity contribution < 1.29 is 14.3 Å². The number of carboxylic acids is 1. The highest BCUT2D eigenvalue weighted by Crippen LogP contribution is 2.21. The summed E-state index contributed by atoms with van der Waals surface area (Å²) < 4.78 is 6.59. The van der Waals surface area contributed by atoms with E-state index >= 15 is 0 Å². The van der Waals surface area contributed by atoms with Crippen molar-refractivity contribution in [3.05, 3.63) is 36.0 Å². The fraction of sp³-hybridized carbons (Fsp3) is 0.0909. The maximum atomic E-state index is 11.2. The van der Waals surface area contributed by atoms with Crippen molar-refractivity contribution in [3.8, 4) is 11.5 Å². The molecular formula is C11H8N4O3. The molecule has 7 heteroatoms. The molecule has 0 saturated heterocycles. The molecule has 0 aromatic carbocycles. The van der Waals surface area contributed by atoms with Gasteiger partial charge in [0.05, 0.1) is 0 Å². The van der Waals surface area contributed by atoms with E-state index in [9.17, 15) is 4.79 Å². The molecule has 3 heterocycles. The van der Waals surface area contributed by atoms with Crippen LogP contribution >= 0.6 is 0 Å². The highest BCUT2D eigenvalue weighted by Gasteiger charge is 2.15. The SMILES string of the molecule is Cc1ccc(-c2cc(C(=O)O)n3ncnc3n2)o1. The Balaban J connectivity index is 2.27.